The maximum Gasteiger partial charge on any atom is 0.227 e. The molecule has 0 saturated heterocycles. The summed E-state index contributed by atoms with van der Waals surface area (Å²) >= 11 is 1.36. The van der Waals surface area contributed by atoms with Gasteiger partial charge in [-0.3, -0.25) is 9.59 Å². The summed E-state index contributed by atoms with van der Waals surface area (Å²) in [5.41, 5.74) is 2.40. The highest BCUT2D eigenvalue weighted by Crippen LogP contribution is 2.20. The fourth-order valence-corrected chi connectivity index (χ4v) is 2.66. The van der Waals surface area contributed by atoms with Crippen LogP contribution in [0.2, 0.25) is 0 Å². The molecule has 0 spiro atoms. The molecule has 0 fully saturated rings. The molecular weight excluding hydrogens is 300 g/mol. The Labute approximate surface area is 133 Å². The molecule has 7 heteroatoms. The molecule has 0 bridgehead atoms. The third-order valence-corrected chi connectivity index (χ3v) is 3.88. The van der Waals surface area contributed by atoms with Crippen LogP contribution in [-0.2, 0) is 16.0 Å². The number of anilines is 1. The number of nitrogens with one attached hydrogen (secondary N) is 2. The summed E-state index contributed by atoms with van der Waals surface area (Å²) in [6.45, 7) is 3.79. The highest BCUT2D eigenvalue weighted by Gasteiger charge is 2.09. The summed E-state index contributed by atoms with van der Waals surface area (Å²) < 4.78 is 0. The van der Waals surface area contributed by atoms with E-state index in [1.807, 2.05) is 12.1 Å². The Bertz CT molecular complexity index is 669. The largest absolute Gasteiger partial charge is 0.356 e. The standard InChI is InChI=1S/C15H18N4O2S/c1-10-5-3-4-6-12(10)9-14-18-19-15(22-14)17-13(21)7-8-16-11(2)20/h3-6H,7-9H2,1-2H3,(H,16,20)(H,17,19,21). The van der Waals surface area contributed by atoms with Crippen molar-refractivity contribution < 1.29 is 9.59 Å². The van der Waals surface area contributed by atoms with Crippen LogP contribution in [0.15, 0.2) is 24.3 Å². The highest BCUT2D eigenvalue weighted by molar-refractivity contribution is 7.15. The van der Waals surface area contributed by atoms with Gasteiger partial charge in [-0.2, -0.15) is 0 Å². The van der Waals surface area contributed by atoms with Crippen molar-refractivity contribution in [2.45, 2.75) is 26.7 Å². The van der Waals surface area contributed by atoms with Gasteiger partial charge < -0.3 is 10.6 Å². The molecule has 2 amide bonds. The van der Waals surface area contributed by atoms with E-state index in [1.54, 1.807) is 0 Å². The van der Waals surface area contributed by atoms with E-state index in [-0.39, 0.29) is 18.2 Å². The fraction of sp³-hybridized carbons (Fsp3) is 0.333. The van der Waals surface area contributed by atoms with Crippen LogP contribution in [0.4, 0.5) is 5.13 Å². The highest BCUT2D eigenvalue weighted by atomic mass is 32.1. The molecule has 0 radical (unpaired) electrons. The van der Waals surface area contributed by atoms with E-state index < -0.39 is 0 Å². The van der Waals surface area contributed by atoms with Crippen molar-refractivity contribution >= 4 is 28.3 Å². The molecule has 2 N–H and O–H groups in total. The summed E-state index contributed by atoms with van der Waals surface area (Å²) in [5.74, 6) is -0.337. The minimum Gasteiger partial charge on any atom is -0.356 e. The van der Waals surface area contributed by atoms with Crippen molar-refractivity contribution in [1.29, 1.82) is 0 Å². The average Bonchev–Trinajstić information content (AvgIpc) is 2.88. The Hall–Kier alpha value is -2.28. The lowest BCUT2D eigenvalue weighted by Crippen LogP contribution is -2.25. The van der Waals surface area contributed by atoms with E-state index in [1.165, 1.54) is 29.4 Å². The van der Waals surface area contributed by atoms with E-state index in [4.69, 9.17) is 0 Å². The number of nitrogens with zero attached hydrogens (tertiary/aromatic N) is 2. The first-order chi connectivity index (χ1) is 10.5. The van der Waals surface area contributed by atoms with Gasteiger partial charge in [0.1, 0.15) is 5.01 Å². The molecule has 0 aliphatic rings. The number of aromatic nitrogens is 2. The van der Waals surface area contributed by atoms with Crippen molar-refractivity contribution in [3.05, 3.63) is 40.4 Å². The topological polar surface area (TPSA) is 84.0 Å². The molecule has 1 aromatic heterocycles. The second-order valence-electron chi connectivity index (χ2n) is 4.89. The number of rotatable bonds is 6. The number of benzene rings is 1. The first kappa shape index (κ1) is 16.1. The fourth-order valence-electron chi connectivity index (χ4n) is 1.88. The molecule has 0 aliphatic heterocycles. The van der Waals surface area contributed by atoms with E-state index >= 15 is 0 Å². The first-order valence-electron chi connectivity index (χ1n) is 6.96. The second kappa shape index (κ2) is 7.65. The van der Waals surface area contributed by atoms with Gasteiger partial charge in [0.2, 0.25) is 16.9 Å². The Morgan fingerprint density at radius 2 is 2.00 bits per heavy atom. The number of aryl methyl sites for hydroxylation is 1. The van der Waals surface area contributed by atoms with Crippen LogP contribution < -0.4 is 10.6 Å². The van der Waals surface area contributed by atoms with E-state index in [0.717, 1.165) is 5.01 Å². The normalized spacial score (nSPS) is 10.3. The van der Waals surface area contributed by atoms with Gasteiger partial charge in [-0.05, 0) is 18.1 Å². The van der Waals surface area contributed by atoms with Crippen molar-refractivity contribution in [2.24, 2.45) is 0 Å². The lowest BCUT2D eigenvalue weighted by Gasteiger charge is -2.02. The Morgan fingerprint density at radius 3 is 2.73 bits per heavy atom. The Kier molecular flexibility index (Phi) is 5.60. The third-order valence-electron chi connectivity index (χ3n) is 3.04. The number of amides is 2. The van der Waals surface area contributed by atoms with Crippen LogP contribution >= 0.6 is 11.3 Å². The minimum atomic E-state index is -0.188. The SMILES string of the molecule is CC(=O)NCCC(=O)Nc1nnc(Cc2ccccc2C)s1. The molecule has 0 unspecified atom stereocenters. The second-order valence-corrected chi connectivity index (χ2v) is 5.95. The Morgan fingerprint density at radius 1 is 1.23 bits per heavy atom. The van der Waals surface area contributed by atoms with Gasteiger partial charge in [0.25, 0.3) is 0 Å². The van der Waals surface area contributed by atoms with Crippen molar-refractivity contribution in [3.63, 3.8) is 0 Å². The molecular formula is C15H18N4O2S. The van der Waals surface area contributed by atoms with Gasteiger partial charge >= 0.3 is 0 Å². The van der Waals surface area contributed by atoms with Crippen molar-refractivity contribution in [2.75, 3.05) is 11.9 Å². The average molecular weight is 318 g/mol. The lowest BCUT2D eigenvalue weighted by molar-refractivity contribution is -0.119. The lowest BCUT2D eigenvalue weighted by atomic mass is 10.1. The molecule has 0 aliphatic carbocycles. The van der Waals surface area contributed by atoms with Crippen LogP contribution in [0.1, 0.15) is 29.5 Å². The van der Waals surface area contributed by atoms with Crippen LogP contribution in [0.3, 0.4) is 0 Å². The number of carbonyl (C=O) groups excluding carboxylic acids is 2. The van der Waals surface area contributed by atoms with Gasteiger partial charge in [0, 0.05) is 26.3 Å². The maximum absolute atomic E-state index is 11.7. The van der Waals surface area contributed by atoms with Crippen molar-refractivity contribution in [3.8, 4) is 0 Å². The maximum atomic E-state index is 11.7. The zero-order valence-electron chi connectivity index (χ0n) is 12.5. The molecule has 1 aromatic carbocycles. The summed E-state index contributed by atoms with van der Waals surface area (Å²) in [6, 6.07) is 8.11. The molecule has 116 valence electrons. The first-order valence-corrected chi connectivity index (χ1v) is 7.77. The van der Waals surface area contributed by atoms with E-state index in [2.05, 4.69) is 39.9 Å². The molecule has 6 nitrogen and oxygen atoms in total. The smallest absolute Gasteiger partial charge is 0.227 e. The van der Waals surface area contributed by atoms with Gasteiger partial charge in [-0.25, -0.2) is 0 Å². The predicted octanol–water partition coefficient (Wildman–Crippen LogP) is 1.90. The van der Waals surface area contributed by atoms with Gasteiger partial charge in [0.05, 0.1) is 0 Å². The molecule has 0 saturated carbocycles. The van der Waals surface area contributed by atoms with Crippen LogP contribution in [0.25, 0.3) is 0 Å². The summed E-state index contributed by atoms with van der Waals surface area (Å²) in [6.07, 6.45) is 0.915. The number of hydrogen-bond acceptors (Lipinski definition) is 5. The van der Waals surface area contributed by atoms with Crippen LogP contribution in [-0.4, -0.2) is 28.6 Å². The summed E-state index contributed by atoms with van der Waals surface area (Å²) in [4.78, 5) is 22.4. The van der Waals surface area contributed by atoms with Crippen LogP contribution in [0, 0.1) is 6.92 Å². The quantitative estimate of drug-likeness (QED) is 0.852. The van der Waals surface area contributed by atoms with Crippen LogP contribution in [0.5, 0.6) is 0 Å². The molecule has 22 heavy (non-hydrogen) atoms. The number of carbonyl (C=O) groups is 2. The third kappa shape index (κ3) is 4.92. The molecule has 1 heterocycles. The summed E-state index contributed by atoms with van der Waals surface area (Å²) in [5, 5.41) is 14.7. The Balaban J connectivity index is 1.87. The number of hydrogen-bond donors (Lipinski definition) is 2. The van der Waals surface area contributed by atoms with E-state index in [9.17, 15) is 9.59 Å². The van der Waals surface area contributed by atoms with Gasteiger partial charge in [0.15, 0.2) is 0 Å². The predicted molar refractivity (Wildman–Crippen MR) is 85.8 cm³/mol. The molecule has 2 rings (SSSR count). The minimum absolute atomic E-state index is 0.149. The molecule has 0 atom stereocenters. The van der Waals surface area contributed by atoms with Gasteiger partial charge in [-0.1, -0.05) is 35.6 Å². The van der Waals surface area contributed by atoms with Gasteiger partial charge in [-0.15, -0.1) is 10.2 Å². The van der Waals surface area contributed by atoms with E-state index in [0.29, 0.717) is 18.1 Å². The molecule has 2 aromatic rings. The zero-order valence-corrected chi connectivity index (χ0v) is 13.4. The monoisotopic (exact) mass is 318 g/mol. The zero-order chi connectivity index (χ0) is 15.9. The van der Waals surface area contributed by atoms with Crippen molar-refractivity contribution in [1.82, 2.24) is 15.5 Å². The summed E-state index contributed by atoms with van der Waals surface area (Å²) in [7, 11) is 0.